The predicted octanol–water partition coefficient (Wildman–Crippen LogP) is 1.36. The van der Waals surface area contributed by atoms with E-state index in [2.05, 4.69) is 5.32 Å². The lowest BCUT2D eigenvalue weighted by atomic mass is 9.75. The highest BCUT2D eigenvalue weighted by Gasteiger charge is 2.68. The van der Waals surface area contributed by atoms with E-state index in [1.807, 2.05) is 13.8 Å². The van der Waals surface area contributed by atoms with Gasteiger partial charge in [0.05, 0.1) is 18.9 Å². The smallest absolute Gasteiger partial charge is 0.326 e. The monoisotopic (exact) mass is 378 g/mol. The largest absolute Gasteiger partial charge is 0.508 e. The molecule has 3 rings (SSSR count). The van der Waals surface area contributed by atoms with Crippen LogP contribution >= 0.6 is 0 Å². The number of hydrogen-bond donors (Lipinski definition) is 2. The molecular weight excluding hydrogens is 355 g/mol. The molecule has 0 aromatic heterocycles. The fourth-order valence-corrected chi connectivity index (χ4v) is 4.47. The Morgan fingerprint density at radius 2 is 2.04 bits per heavy atom. The number of nitrogens with zero attached hydrogens (tertiary/aromatic N) is 1. The van der Waals surface area contributed by atoms with Crippen molar-refractivity contribution in [2.24, 2.45) is 17.8 Å². The summed E-state index contributed by atoms with van der Waals surface area (Å²) in [6.07, 6.45) is 0.250. The van der Waals surface area contributed by atoms with Crippen molar-refractivity contribution < 1.29 is 28.6 Å². The summed E-state index contributed by atoms with van der Waals surface area (Å²) in [6, 6.07) is 2.50. The van der Waals surface area contributed by atoms with Gasteiger partial charge in [-0.15, -0.1) is 0 Å². The van der Waals surface area contributed by atoms with E-state index in [4.69, 9.17) is 4.74 Å². The highest BCUT2D eigenvalue weighted by Crippen LogP contribution is 2.52. The molecule has 8 heteroatoms. The number of phenolic OH excluding ortho intramolecular Hbond substituents is 1. The predicted molar refractivity (Wildman–Crippen MR) is 92.9 cm³/mol. The number of likely N-dealkylation sites (tertiary alicyclic amines) is 1. The molecule has 1 aromatic rings. The molecule has 1 aromatic carbocycles. The fraction of sp³-hybridized carbons (Fsp3) is 0.526. The number of imide groups is 1. The van der Waals surface area contributed by atoms with Gasteiger partial charge in [-0.3, -0.25) is 24.6 Å². The molecular formula is C19H23FN2O5. The number of carbonyl (C=O) groups excluding carboxylic acids is 3. The van der Waals surface area contributed by atoms with E-state index in [9.17, 15) is 23.9 Å². The third-order valence-corrected chi connectivity index (χ3v) is 5.48. The van der Waals surface area contributed by atoms with Gasteiger partial charge < -0.3 is 9.84 Å². The highest BCUT2D eigenvalue weighted by molar-refractivity contribution is 6.09. The Labute approximate surface area is 156 Å². The molecule has 0 bridgehead atoms. The topological polar surface area (TPSA) is 95.9 Å². The standard InChI is InChI=1S/C19H23FN2O5/c1-9(2)8-19(18(26)27-4)14-13(16(24)22(3)17(14)25)15(21-19)11-7-10(20)5-6-12(11)23/h5-7,9,13-15,21,23H,8H2,1-4H3/t13-,14-,15-,19-/m0/s1. The number of amides is 2. The van der Waals surface area contributed by atoms with Gasteiger partial charge in [-0.05, 0) is 30.5 Å². The molecule has 2 saturated heterocycles. The van der Waals surface area contributed by atoms with Gasteiger partial charge in [0.15, 0.2) is 0 Å². The van der Waals surface area contributed by atoms with Gasteiger partial charge >= 0.3 is 5.97 Å². The summed E-state index contributed by atoms with van der Waals surface area (Å²) in [5, 5.41) is 13.3. The van der Waals surface area contributed by atoms with E-state index >= 15 is 0 Å². The Hall–Kier alpha value is -2.48. The lowest BCUT2D eigenvalue weighted by Crippen LogP contribution is -2.56. The number of rotatable bonds is 4. The maximum atomic E-state index is 13.8. The third kappa shape index (κ3) is 2.79. The minimum absolute atomic E-state index is 0.00548. The summed E-state index contributed by atoms with van der Waals surface area (Å²) in [7, 11) is 2.59. The molecule has 2 N–H and O–H groups in total. The zero-order valence-corrected chi connectivity index (χ0v) is 15.7. The Morgan fingerprint density at radius 3 is 2.63 bits per heavy atom. The van der Waals surface area contributed by atoms with Crippen molar-refractivity contribution in [3.63, 3.8) is 0 Å². The molecule has 2 fully saturated rings. The van der Waals surface area contributed by atoms with Crippen LogP contribution in [0.25, 0.3) is 0 Å². The van der Waals surface area contributed by atoms with E-state index in [1.165, 1.54) is 20.2 Å². The van der Waals surface area contributed by atoms with Crippen LogP contribution in [-0.4, -0.2) is 47.5 Å². The summed E-state index contributed by atoms with van der Waals surface area (Å²) in [5.74, 6) is -4.33. The summed E-state index contributed by atoms with van der Waals surface area (Å²) in [5.41, 5.74) is -1.30. The molecule has 4 atom stereocenters. The number of carbonyl (C=O) groups is 3. The molecule has 2 heterocycles. The second kappa shape index (κ2) is 6.60. The lowest BCUT2D eigenvalue weighted by Gasteiger charge is -2.33. The average Bonchev–Trinajstić information content (AvgIpc) is 3.06. The van der Waals surface area contributed by atoms with Gasteiger partial charge in [-0.2, -0.15) is 0 Å². The van der Waals surface area contributed by atoms with Crippen molar-refractivity contribution in [3.8, 4) is 5.75 Å². The first-order valence-electron chi connectivity index (χ1n) is 8.80. The molecule has 146 valence electrons. The SMILES string of the molecule is COC(=O)[C@@]1(CC(C)C)N[C@@H](c2cc(F)ccc2O)[C@H]2C(=O)N(C)C(=O)[C@H]21. The first-order valence-corrected chi connectivity index (χ1v) is 8.80. The molecule has 0 radical (unpaired) electrons. The Kier molecular flexibility index (Phi) is 4.71. The van der Waals surface area contributed by atoms with Crippen LogP contribution in [0.1, 0.15) is 31.9 Å². The van der Waals surface area contributed by atoms with Crippen molar-refractivity contribution in [1.29, 1.82) is 0 Å². The number of esters is 1. The minimum atomic E-state index is -1.44. The molecule has 0 saturated carbocycles. The lowest BCUT2D eigenvalue weighted by molar-refractivity contribution is -0.154. The van der Waals surface area contributed by atoms with Crippen LogP contribution in [0.2, 0.25) is 0 Å². The van der Waals surface area contributed by atoms with Gasteiger partial charge in [-0.25, -0.2) is 4.39 Å². The quantitative estimate of drug-likeness (QED) is 0.607. The van der Waals surface area contributed by atoms with E-state index < -0.39 is 47.0 Å². The molecule has 0 spiro atoms. The molecule has 2 aliphatic rings. The second-order valence-electron chi connectivity index (χ2n) is 7.62. The molecule has 2 aliphatic heterocycles. The third-order valence-electron chi connectivity index (χ3n) is 5.48. The molecule has 27 heavy (non-hydrogen) atoms. The second-order valence-corrected chi connectivity index (χ2v) is 7.62. The van der Waals surface area contributed by atoms with Crippen LogP contribution < -0.4 is 5.32 Å². The van der Waals surface area contributed by atoms with Crippen LogP contribution in [0.4, 0.5) is 4.39 Å². The molecule has 0 aliphatic carbocycles. The van der Waals surface area contributed by atoms with Gasteiger partial charge in [0.2, 0.25) is 11.8 Å². The number of aromatic hydroxyl groups is 1. The first-order chi connectivity index (χ1) is 12.6. The van der Waals surface area contributed by atoms with Crippen molar-refractivity contribution in [2.75, 3.05) is 14.2 Å². The van der Waals surface area contributed by atoms with Crippen LogP contribution in [0.3, 0.4) is 0 Å². The summed E-state index contributed by atoms with van der Waals surface area (Å²) < 4.78 is 18.8. The van der Waals surface area contributed by atoms with Crippen LogP contribution in [0.15, 0.2) is 18.2 Å². The normalized spacial score (nSPS) is 30.1. The minimum Gasteiger partial charge on any atom is -0.508 e. The van der Waals surface area contributed by atoms with Crippen molar-refractivity contribution >= 4 is 17.8 Å². The van der Waals surface area contributed by atoms with Crippen LogP contribution in [0.5, 0.6) is 5.75 Å². The molecule has 0 unspecified atom stereocenters. The van der Waals surface area contributed by atoms with Gasteiger partial charge in [0.25, 0.3) is 0 Å². The van der Waals surface area contributed by atoms with Gasteiger partial charge in [0, 0.05) is 18.7 Å². The number of methoxy groups -OCH3 is 1. The number of halogens is 1. The Bertz CT molecular complexity index is 811. The number of hydrogen-bond acceptors (Lipinski definition) is 6. The number of fused-ring (bicyclic) bond motifs is 1. The maximum Gasteiger partial charge on any atom is 0.326 e. The fourth-order valence-electron chi connectivity index (χ4n) is 4.47. The maximum absolute atomic E-state index is 13.8. The van der Waals surface area contributed by atoms with Crippen LogP contribution in [-0.2, 0) is 19.1 Å². The number of nitrogens with one attached hydrogen (secondary N) is 1. The first kappa shape index (κ1) is 19.3. The van der Waals surface area contributed by atoms with Crippen molar-refractivity contribution in [2.45, 2.75) is 31.8 Å². The van der Waals surface area contributed by atoms with E-state index in [-0.39, 0.29) is 23.7 Å². The number of phenols is 1. The van der Waals surface area contributed by atoms with E-state index in [1.54, 1.807) is 0 Å². The molecule has 2 amide bonds. The Morgan fingerprint density at radius 1 is 1.37 bits per heavy atom. The zero-order valence-electron chi connectivity index (χ0n) is 15.7. The highest BCUT2D eigenvalue weighted by atomic mass is 19.1. The van der Waals surface area contributed by atoms with Crippen molar-refractivity contribution in [3.05, 3.63) is 29.6 Å². The van der Waals surface area contributed by atoms with Gasteiger partial charge in [0.1, 0.15) is 17.1 Å². The van der Waals surface area contributed by atoms with Crippen molar-refractivity contribution in [1.82, 2.24) is 10.2 Å². The van der Waals surface area contributed by atoms with E-state index in [0.717, 1.165) is 17.0 Å². The summed E-state index contributed by atoms with van der Waals surface area (Å²) >= 11 is 0. The van der Waals surface area contributed by atoms with Crippen LogP contribution in [0, 0.1) is 23.6 Å². The number of benzene rings is 1. The Balaban J connectivity index is 2.20. The molecule has 7 nitrogen and oxygen atoms in total. The van der Waals surface area contributed by atoms with E-state index in [0.29, 0.717) is 0 Å². The zero-order chi connectivity index (χ0) is 20.1. The average molecular weight is 378 g/mol. The summed E-state index contributed by atoms with van der Waals surface area (Å²) in [4.78, 5) is 39.5. The number of ether oxygens (including phenoxy) is 1. The van der Waals surface area contributed by atoms with Gasteiger partial charge in [-0.1, -0.05) is 13.8 Å². The summed E-state index contributed by atoms with van der Waals surface area (Å²) in [6.45, 7) is 3.78.